The third-order valence-electron chi connectivity index (χ3n) is 3.61. The molecule has 0 fully saturated rings. The van der Waals surface area contributed by atoms with Gasteiger partial charge in [0.1, 0.15) is 0 Å². The van der Waals surface area contributed by atoms with E-state index in [4.69, 9.17) is 4.42 Å². The number of rotatable bonds is 5. The van der Waals surface area contributed by atoms with E-state index in [1.54, 1.807) is 6.92 Å². The first-order valence-corrected chi connectivity index (χ1v) is 7.30. The highest BCUT2D eigenvalue weighted by Gasteiger charge is 2.23. The standard InChI is InChI=1S/C18H16N2O3/c1-12-19-20-18(23-12)16(11-17(21)22)15-9-5-8-14(10-15)13-6-3-2-4-7-13/h2-10,16H,11H2,1H3,(H,21,22). The highest BCUT2D eigenvalue weighted by molar-refractivity contribution is 5.69. The molecule has 3 rings (SSSR count). The predicted molar refractivity (Wildman–Crippen MR) is 85.0 cm³/mol. The lowest BCUT2D eigenvalue weighted by Gasteiger charge is -2.13. The van der Waals surface area contributed by atoms with E-state index in [0.29, 0.717) is 11.8 Å². The second kappa shape index (κ2) is 6.44. The molecule has 1 aromatic heterocycles. The van der Waals surface area contributed by atoms with Gasteiger partial charge < -0.3 is 9.52 Å². The first-order chi connectivity index (χ1) is 11.1. The van der Waals surface area contributed by atoms with E-state index in [9.17, 15) is 9.90 Å². The van der Waals surface area contributed by atoms with Crippen LogP contribution >= 0.6 is 0 Å². The molecule has 1 heterocycles. The van der Waals surface area contributed by atoms with E-state index < -0.39 is 11.9 Å². The fraction of sp³-hybridized carbons (Fsp3) is 0.167. The van der Waals surface area contributed by atoms with Gasteiger partial charge in [0.25, 0.3) is 0 Å². The van der Waals surface area contributed by atoms with Crippen molar-refractivity contribution < 1.29 is 14.3 Å². The normalized spacial score (nSPS) is 12.0. The molecule has 0 bridgehead atoms. The zero-order chi connectivity index (χ0) is 16.2. The highest BCUT2D eigenvalue weighted by atomic mass is 16.4. The van der Waals surface area contributed by atoms with Crippen LogP contribution in [0.15, 0.2) is 59.0 Å². The zero-order valence-electron chi connectivity index (χ0n) is 12.6. The molecule has 5 nitrogen and oxygen atoms in total. The Labute approximate surface area is 133 Å². The van der Waals surface area contributed by atoms with E-state index in [2.05, 4.69) is 10.2 Å². The summed E-state index contributed by atoms with van der Waals surface area (Å²) in [7, 11) is 0. The van der Waals surface area contributed by atoms with Gasteiger partial charge in [0.05, 0.1) is 12.3 Å². The Morgan fingerprint density at radius 2 is 1.83 bits per heavy atom. The summed E-state index contributed by atoms with van der Waals surface area (Å²) in [5.74, 6) is -0.613. The van der Waals surface area contributed by atoms with Gasteiger partial charge in [-0.2, -0.15) is 0 Å². The van der Waals surface area contributed by atoms with Crippen LogP contribution in [0.2, 0.25) is 0 Å². The quantitative estimate of drug-likeness (QED) is 0.778. The molecule has 1 atom stereocenters. The third kappa shape index (κ3) is 3.45. The van der Waals surface area contributed by atoms with Crippen molar-refractivity contribution in [2.75, 3.05) is 0 Å². The summed E-state index contributed by atoms with van der Waals surface area (Å²) in [4.78, 5) is 11.2. The van der Waals surface area contributed by atoms with E-state index in [1.165, 1.54) is 0 Å². The van der Waals surface area contributed by atoms with E-state index in [0.717, 1.165) is 16.7 Å². The number of hydrogen-bond donors (Lipinski definition) is 1. The fourth-order valence-corrected chi connectivity index (χ4v) is 2.54. The Bertz CT molecular complexity index is 812. The first kappa shape index (κ1) is 15.0. The number of aromatic nitrogens is 2. The molecule has 0 saturated carbocycles. The molecule has 1 unspecified atom stereocenters. The molecule has 0 aliphatic carbocycles. The van der Waals surface area contributed by atoms with E-state index in [1.807, 2.05) is 54.6 Å². The van der Waals surface area contributed by atoms with Crippen molar-refractivity contribution in [3.8, 4) is 11.1 Å². The molecule has 2 aromatic carbocycles. The van der Waals surface area contributed by atoms with Crippen molar-refractivity contribution in [3.63, 3.8) is 0 Å². The molecule has 0 radical (unpaired) electrons. The third-order valence-corrected chi connectivity index (χ3v) is 3.61. The molecule has 0 amide bonds. The lowest BCUT2D eigenvalue weighted by molar-refractivity contribution is -0.137. The molecule has 23 heavy (non-hydrogen) atoms. The highest BCUT2D eigenvalue weighted by Crippen LogP contribution is 2.30. The first-order valence-electron chi connectivity index (χ1n) is 7.30. The van der Waals surface area contributed by atoms with Crippen LogP contribution in [0.25, 0.3) is 11.1 Å². The molecule has 0 aliphatic heterocycles. The van der Waals surface area contributed by atoms with Gasteiger partial charge >= 0.3 is 5.97 Å². The van der Waals surface area contributed by atoms with E-state index >= 15 is 0 Å². The summed E-state index contributed by atoms with van der Waals surface area (Å²) < 4.78 is 5.46. The topological polar surface area (TPSA) is 76.2 Å². The van der Waals surface area contributed by atoms with Crippen molar-refractivity contribution in [1.29, 1.82) is 0 Å². The summed E-state index contributed by atoms with van der Waals surface area (Å²) in [5, 5.41) is 17.0. The SMILES string of the molecule is Cc1nnc(C(CC(=O)O)c2cccc(-c3ccccc3)c2)o1. The number of carboxylic acids is 1. The Morgan fingerprint density at radius 3 is 2.48 bits per heavy atom. The second-order valence-corrected chi connectivity index (χ2v) is 5.30. The van der Waals surface area contributed by atoms with Gasteiger partial charge in [0.2, 0.25) is 11.8 Å². The number of nitrogens with zero attached hydrogens (tertiary/aromatic N) is 2. The molecule has 1 N–H and O–H groups in total. The summed E-state index contributed by atoms with van der Waals surface area (Å²) in [6, 6.07) is 17.7. The molecule has 3 aromatic rings. The molecular formula is C18H16N2O3. The average molecular weight is 308 g/mol. The maximum absolute atomic E-state index is 11.2. The van der Waals surface area contributed by atoms with Crippen LogP contribution in [0.3, 0.4) is 0 Å². The number of aliphatic carboxylic acids is 1. The fourth-order valence-electron chi connectivity index (χ4n) is 2.54. The van der Waals surface area contributed by atoms with Gasteiger partial charge in [-0.05, 0) is 16.7 Å². The average Bonchev–Trinajstić information content (AvgIpc) is 3.00. The number of aryl methyl sites for hydroxylation is 1. The van der Waals surface area contributed by atoms with Gasteiger partial charge in [0.15, 0.2) is 0 Å². The summed E-state index contributed by atoms with van der Waals surface area (Å²) >= 11 is 0. The molecule has 5 heteroatoms. The second-order valence-electron chi connectivity index (χ2n) is 5.30. The van der Waals surface area contributed by atoms with Crippen LogP contribution in [0, 0.1) is 6.92 Å². The number of carboxylic acid groups (broad SMARTS) is 1. The van der Waals surface area contributed by atoms with Gasteiger partial charge in [-0.1, -0.05) is 54.6 Å². The largest absolute Gasteiger partial charge is 0.481 e. The number of carbonyl (C=O) groups is 1. The smallest absolute Gasteiger partial charge is 0.304 e. The van der Waals surface area contributed by atoms with Crippen LogP contribution < -0.4 is 0 Å². The summed E-state index contributed by atoms with van der Waals surface area (Å²) in [5.41, 5.74) is 2.94. The van der Waals surface area contributed by atoms with Gasteiger partial charge in [0, 0.05) is 6.92 Å². The molecule has 0 saturated heterocycles. The van der Waals surface area contributed by atoms with Crippen molar-refractivity contribution in [3.05, 3.63) is 71.9 Å². The van der Waals surface area contributed by atoms with Crippen molar-refractivity contribution >= 4 is 5.97 Å². The summed E-state index contributed by atoms with van der Waals surface area (Å²) in [6.45, 7) is 1.69. The molecular weight excluding hydrogens is 292 g/mol. The van der Waals surface area contributed by atoms with Gasteiger partial charge in [-0.15, -0.1) is 10.2 Å². The van der Waals surface area contributed by atoms with Crippen LogP contribution in [-0.4, -0.2) is 21.3 Å². The Balaban J connectivity index is 2.01. The van der Waals surface area contributed by atoms with Crippen molar-refractivity contribution in [2.45, 2.75) is 19.3 Å². The van der Waals surface area contributed by atoms with Crippen LogP contribution in [-0.2, 0) is 4.79 Å². The Hall–Kier alpha value is -2.95. The van der Waals surface area contributed by atoms with Crippen molar-refractivity contribution in [1.82, 2.24) is 10.2 Å². The lowest BCUT2D eigenvalue weighted by Crippen LogP contribution is -2.08. The Morgan fingerprint density at radius 1 is 1.09 bits per heavy atom. The molecule has 0 spiro atoms. The maximum atomic E-state index is 11.2. The minimum atomic E-state index is -0.907. The van der Waals surface area contributed by atoms with Crippen LogP contribution in [0.1, 0.15) is 29.7 Å². The minimum absolute atomic E-state index is 0.0973. The number of hydrogen-bond acceptors (Lipinski definition) is 4. The van der Waals surface area contributed by atoms with Crippen LogP contribution in [0.4, 0.5) is 0 Å². The van der Waals surface area contributed by atoms with Crippen molar-refractivity contribution in [2.24, 2.45) is 0 Å². The minimum Gasteiger partial charge on any atom is -0.481 e. The maximum Gasteiger partial charge on any atom is 0.304 e. The predicted octanol–water partition coefficient (Wildman–Crippen LogP) is 3.65. The van der Waals surface area contributed by atoms with Gasteiger partial charge in [-0.25, -0.2) is 0 Å². The Kier molecular flexibility index (Phi) is 4.19. The molecule has 0 aliphatic rings. The van der Waals surface area contributed by atoms with Gasteiger partial charge in [-0.3, -0.25) is 4.79 Å². The monoisotopic (exact) mass is 308 g/mol. The van der Waals surface area contributed by atoms with Crippen LogP contribution in [0.5, 0.6) is 0 Å². The summed E-state index contributed by atoms with van der Waals surface area (Å²) in [6.07, 6.45) is -0.0973. The van der Waals surface area contributed by atoms with E-state index in [-0.39, 0.29) is 6.42 Å². The number of benzene rings is 2. The zero-order valence-corrected chi connectivity index (χ0v) is 12.6. The molecule has 116 valence electrons. The lowest BCUT2D eigenvalue weighted by atomic mass is 9.92.